The van der Waals surface area contributed by atoms with Gasteiger partial charge in [-0.2, -0.15) is 0 Å². The predicted octanol–water partition coefficient (Wildman–Crippen LogP) is 2.51. The van der Waals surface area contributed by atoms with Crippen LogP contribution < -0.4 is 5.32 Å². The molecule has 1 atom stereocenters. The fraction of sp³-hybridized carbons (Fsp3) is 0.522. The van der Waals surface area contributed by atoms with Crippen LogP contribution in [0.3, 0.4) is 0 Å². The van der Waals surface area contributed by atoms with Crippen LogP contribution in [0.25, 0.3) is 10.6 Å². The Labute approximate surface area is 188 Å². The fourth-order valence-corrected chi connectivity index (χ4v) is 5.11. The summed E-state index contributed by atoms with van der Waals surface area (Å²) in [6.45, 7) is 8.01. The monoisotopic (exact) mass is 440 g/mol. The van der Waals surface area contributed by atoms with Gasteiger partial charge in [-0.05, 0) is 19.8 Å². The number of hydrogen-bond acceptors (Lipinski definition) is 5. The molecule has 8 heteroatoms. The molecule has 166 valence electrons. The molecule has 0 spiro atoms. The van der Waals surface area contributed by atoms with Crippen LogP contribution in [0.1, 0.15) is 25.5 Å². The summed E-state index contributed by atoms with van der Waals surface area (Å²) in [5, 5.41) is 6.60. The fourth-order valence-electron chi connectivity index (χ4n) is 4.28. The summed E-state index contributed by atoms with van der Waals surface area (Å²) in [4.78, 5) is 28.5. The molecule has 3 heterocycles. The Balaban J connectivity index is 1.27. The van der Waals surface area contributed by atoms with E-state index in [9.17, 15) is 4.79 Å². The van der Waals surface area contributed by atoms with E-state index in [1.165, 1.54) is 0 Å². The SMILES string of the molecule is CN=C(NCc1csc(-c2ccccc2)n1)N1CCN(C(C)C(=O)N2CCCC2)CC1. The Morgan fingerprint density at radius 2 is 1.81 bits per heavy atom. The number of nitrogens with zero attached hydrogens (tertiary/aromatic N) is 5. The molecule has 7 nitrogen and oxygen atoms in total. The topological polar surface area (TPSA) is 64.1 Å². The highest BCUT2D eigenvalue weighted by Crippen LogP contribution is 2.23. The van der Waals surface area contributed by atoms with Gasteiger partial charge >= 0.3 is 0 Å². The number of rotatable bonds is 5. The largest absolute Gasteiger partial charge is 0.351 e. The zero-order valence-corrected chi connectivity index (χ0v) is 19.3. The lowest BCUT2D eigenvalue weighted by molar-refractivity contribution is -0.135. The molecule has 31 heavy (non-hydrogen) atoms. The Morgan fingerprint density at radius 1 is 1.10 bits per heavy atom. The summed E-state index contributed by atoms with van der Waals surface area (Å²) in [7, 11) is 1.82. The summed E-state index contributed by atoms with van der Waals surface area (Å²) in [6.07, 6.45) is 2.28. The second kappa shape index (κ2) is 10.2. The van der Waals surface area contributed by atoms with Gasteiger partial charge in [-0.25, -0.2) is 4.98 Å². The number of nitrogens with one attached hydrogen (secondary N) is 1. The van der Waals surface area contributed by atoms with Crippen LogP contribution in [-0.4, -0.2) is 83.9 Å². The van der Waals surface area contributed by atoms with Crippen LogP contribution in [0.5, 0.6) is 0 Å². The number of hydrogen-bond donors (Lipinski definition) is 1. The van der Waals surface area contributed by atoms with E-state index >= 15 is 0 Å². The van der Waals surface area contributed by atoms with Crippen molar-refractivity contribution in [3.8, 4) is 10.6 Å². The molecule has 1 aromatic carbocycles. The van der Waals surface area contributed by atoms with Gasteiger partial charge in [-0.15, -0.1) is 11.3 Å². The molecule has 1 aromatic heterocycles. The maximum atomic E-state index is 12.7. The van der Waals surface area contributed by atoms with Crippen molar-refractivity contribution in [1.82, 2.24) is 25.0 Å². The van der Waals surface area contributed by atoms with Gasteiger partial charge in [0.25, 0.3) is 0 Å². The first-order chi connectivity index (χ1) is 15.2. The second-order valence-corrected chi connectivity index (χ2v) is 9.00. The molecule has 2 aromatic rings. The molecule has 2 aliphatic rings. The first-order valence-corrected chi connectivity index (χ1v) is 12.0. The van der Waals surface area contributed by atoms with Gasteiger partial charge in [-0.3, -0.25) is 14.7 Å². The summed E-state index contributed by atoms with van der Waals surface area (Å²) >= 11 is 1.67. The van der Waals surface area contributed by atoms with E-state index in [0.29, 0.717) is 6.54 Å². The third-order valence-electron chi connectivity index (χ3n) is 6.15. The van der Waals surface area contributed by atoms with Gasteiger partial charge in [0.05, 0.1) is 18.3 Å². The van der Waals surface area contributed by atoms with Gasteiger partial charge in [0.15, 0.2) is 5.96 Å². The van der Waals surface area contributed by atoms with E-state index < -0.39 is 0 Å². The van der Waals surface area contributed by atoms with E-state index in [-0.39, 0.29) is 11.9 Å². The van der Waals surface area contributed by atoms with Crippen molar-refractivity contribution >= 4 is 23.2 Å². The summed E-state index contributed by atoms with van der Waals surface area (Å²) in [5.41, 5.74) is 2.17. The average Bonchev–Trinajstić information content (AvgIpc) is 3.52. The van der Waals surface area contributed by atoms with Crippen molar-refractivity contribution in [3.63, 3.8) is 0 Å². The van der Waals surface area contributed by atoms with E-state index in [1.54, 1.807) is 11.3 Å². The highest BCUT2D eigenvalue weighted by atomic mass is 32.1. The van der Waals surface area contributed by atoms with Gasteiger partial charge in [0.2, 0.25) is 5.91 Å². The number of guanidine groups is 1. The third-order valence-corrected chi connectivity index (χ3v) is 7.09. The van der Waals surface area contributed by atoms with Crippen LogP contribution in [0.4, 0.5) is 0 Å². The van der Waals surface area contributed by atoms with Crippen LogP contribution in [0.2, 0.25) is 0 Å². The van der Waals surface area contributed by atoms with Crippen molar-refractivity contribution in [2.24, 2.45) is 4.99 Å². The van der Waals surface area contributed by atoms with E-state index in [1.807, 2.05) is 30.1 Å². The average molecular weight is 441 g/mol. The molecule has 4 rings (SSSR count). The van der Waals surface area contributed by atoms with Gasteiger partial charge in [0, 0.05) is 57.3 Å². The number of benzene rings is 1. The van der Waals surface area contributed by atoms with Gasteiger partial charge in [0.1, 0.15) is 5.01 Å². The number of likely N-dealkylation sites (tertiary alicyclic amines) is 1. The molecule has 1 N–H and O–H groups in total. The third kappa shape index (κ3) is 5.25. The number of aliphatic imine (C=N–C) groups is 1. The zero-order chi connectivity index (χ0) is 21.6. The Hall–Kier alpha value is -2.45. The first-order valence-electron chi connectivity index (χ1n) is 11.1. The normalized spacial score (nSPS) is 19.0. The number of carbonyl (C=O) groups excluding carboxylic acids is 1. The van der Waals surface area contributed by atoms with Crippen LogP contribution in [-0.2, 0) is 11.3 Å². The molecule has 0 saturated carbocycles. The quantitative estimate of drug-likeness (QED) is 0.572. The number of piperazine rings is 1. The highest BCUT2D eigenvalue weighted by molar-refractivity contribution is 7.13. The molecular weight excluding hydrogens is 408 g/mol. The molecule has 2 saturated heterocycles. The van der Waals surface area contributed by atoms with E-state index in [0.717, 1.165) is 74.3 Å². The zero-order valence-electron chi connectivity index (χ0n) is 18.5. The van der Waals surface area contributed by atoms with Crippen LogP contribution >= 0.6 is 11.3 Å². The minimum atomic E-state index is -0.0401. The Morgan fingerprint density at radius 3 is 2.48 bits per heavy atom. The van der Waals surface area contributed by atoms with Crippen molar-refractivity contribution in [2.75, 3.05) is 46.3 Å². The minimum absolute atomic E-state index is 0.0401. The first kappa shape index (κ1) is 21.8. The van der Waals surface area contributed by atoms with Crippen molar-refractivity contribution < 1.29 is 4.79 Å². The lowest BCUT2D eigenvalue weighted by Crippen LogP contribution is -2.57. The molecule has 0 bridgehead atoms. The predicted molar refractivity (Wildman–Crippen MR) is 126 cm³/mol. The van der Waals surface area contributed by atoms with Crippen molar-refractivity contribution in [1.29, 1.82) is 0 Å². The molecule has 1 unspecified atom stereocenters. The second-order valence-electron chi connectivity index (χ2n) is 8.14. The highest BCUT2D eigenvalue weighted by Gasteiger charge is 2.30. The minimum Gasteiger partial charge on any atom is -0.351 e. The number of carbonyl (C=O) groups is 1. The Bertz CT molecular complexity index is 884. The number of aromatic nitrogens is 1. The molecular formula is C23H32N6OS. The van der Waals surface area contributed by atoms with E-state index in [2.05, 4.69) is 44.5 Å². The molecule has 0 aliphatic carbocycles. The summed E-state index contributed by atoms with van der Waals surface area (Å²) in [5.74, 6) is 1.18. The van der Waals surface area contributed by atoms with Crippen LogP contribution in [0, 0.1) is 0 Å². The molecule has 2 aliphatic heterocycles. The van der Waals surface area contributed by atoms with E-state index in [4.69, 9.17) is 4.98 Å². The molecule has 1 amide bonds. The number of amides is 1. The van der Waals surface area contributed by atoms with Gasteiger partial charge in [-0.1, -0.05) is 30.3 Å². The number of thiazole rings is 1. The lowest BCUT2D eigenvalue weighted by atomic mass is 10.2. The summed E-state index contributed by atoms with van der Waals surface area (Å²) < 4.78 is 0. The van der Waals surface area contributed by atoms with Crippen LogP contribution in [0.15, 0.2) is 40.7 Å². The maximum Gasteiger partial charge on any atom is 0.239 e. The van der Waals surface area contributed by atoms with Crippen molar-refractivity contribution in [3.05, 3.63) is 41.4 Å². The standard InChI is InChI=1S/C23H32N6OS/c1-18(22(30)28-10-6-7-11-28)27-12-14-29(15-13-27)23(24-2)25-16-20-17-31-21(26-20)19-8-4-3-5-9-19/h3-5,8-9,17-18H,6-7,10-16H2,1-2H3,(H,24,25). The Kier molecular flexibility index (Phi) is 7.19. The lowest BCUT2D eigenvalue weighted by Gasteiger charge is -2.39. The van der Waals surface area contributed by atoms with Crippen molar-refractivity contribution in [2.45, 2.75) is 32.4 Å². The van der Waals surface area contributed by atoms with Gasteiger partial charge < -0.3 is 15.1 Å². The summed E-state index contributed by atoms with van der Waals surface area (Å²) in [6, 6.07) is 10.2. The maximum absolute atomic E-state index is 12.7. The molecule has 2 fully saturated rings. The molecule has 0 radical (unpaired) electrons. The smallest absolute Gasteiger partial charge is 0.239 e.